The molecule has 1 N–H and O–H groups in total. The molecule has 7 heteroatoms. The number of aromatic nitrogens is 4. The van der Waals surface area contributed by atoms with Gasteiger partial charge < -0.3 is 5.32 Å². The van der Waals surface area contributed by atoms with Gasteiger partial charge in [0.2, 0.25) is 5.91 Å². The predicted octanol–water partition coefficient (Wildman–Crippen LogP) is 5.66. The number of carbonyl (C=O) groups is 1. The van der Waals surface area contributed by atoms with Crippen LogP contribution in [0.5, 0.6) is 0 Å². The molecule has 0 bridgehead atoms. The molecule has 0 saturated carbocycles. The van der Waals surface area contributed by atoms with Crippen LogP contribution in [0.2, 0.25) is 0 Å². The quantitative estimate of drug-likeness (QED) is 0.265. The maximum atomic E-state index is 12.5. The number of allylic oxidation sites excluding steroid dienone is 1. The van der Waals surface area contributed by atoms with Crippen molar-refractivity contribution in [1.29, 1.82) is 0 Å². The van der Waals surface area contributed by atoms with Gasteiger partial charge in [0, 0.05) is 29.1 Å². The Balaban J connectivity index is 1.81. The molecule has 0 radical (unpaired) electrons. The Bertz CT molecular complexity index is 1330. The molecule has 0 spiro atoms. The highest BCUT2D eigenvalue weighted by Crippen LogP contribution is 2.34. The molecule has 1 unspecified atom stereocenters. The molecular formula is C27H29N5OS. The van der Waals surface area contributed by atoms with Gasteiger partial charge in [-0.1, -0.05) is 65.9 Å². The van der Waals surface area contributed by atoms with Crippen molar-refractivity contribution < 1.29 is 4.79 Å². The lowest BCUT2D eigenvalue weighted by Gasteiger charge is -2.15. The molecule has 2 aromatic heterocycles. The third-order valence-corrected chi connectivity index (χ3v) is 6.50. The van der Waals surface area contributed by atoms with Gasteiger partial charge in [-0.15, -0.1) is 16.8 Å². The first-order valence-corrected chi connectivity index (χ1v) is 12.2. The second-order valence-electron chi connectivity index (χ2n) is 8.57. The first-order valence-electron chi connectivity index (χ1n) is 11.4. The summed E-state index contributed by atoms with van der Waals surface area (Å²) in [6, 6.07) is 18.6. The van der Waals surface area contributed by atoms with Gasteiger partial charge in [-0.3, -0.25) is 9.36 Å². The van der Waals surface area contributed by atoms with E-state index in [9.17, 15) is 4.79 Å². The molecule has 0 saturated heterocycles. The Kier molecular flexibility index (Phi) is 7.12. The summed E-state index contributed by atoms with van der Waals surface area (Å²) in [6.45, 7) is 12.3. The molecule has 0 fully saturated rings. The molecule has 4 aromatic rings. The maximum absolute atomic E-state index is 12.5. The number of rotatable bonds is 8. The van der Waals surface area contributed by atoms with Crippen molar-refractivity contribution in [2.45, 2.75) is 50.7 Å². The van der Waals surface area contributed by atoms with E-state index in [2.05, 4.69) is 65.4 Å². The molecule has 1 amide bonds. The van der Waals surface area contributed by atoms with Crippen molar-refractivity contribution in [3.05, 3.63) is 72.8 Å². The number of aryl methyl sites for hydroxylation is 1. The van der Waals surface area contributed by atoms with Crippen molar-refractivity contribution in [2.24, 2.45) is 0 Å². The Morgan fingerprint density at radius 3 is 2.56 bits per heavy atom. The van der Waals surface area contributed by atoms with Crippen LogP contribution in [0.3, 0.4) is 0 Å². The van der Waals surface area contributed by atoms with E-state index in [1.807, 2.05) is 49.6 Å². The van der Waals surface area contributed by atoms with Crippen LogP contribution >= 0.6 is 11.8 Å². The molecule has 2 aromatic carbocycles. The fourth-order valence-corrected chi connectivity index (χ4v) is 4.58. The number of para-hydroxylation sites is 1. The van der Waals surface area contributed by atoms with Gasteiger partial charge >= 0.3 is 0 Å². The Labute approximate surface area is 204 Å². The number of pyridine rings is 1. The van der Waals surface area contributed by atoms with Crippen LogP contribution in [0, 0.1) is 6.92 Å². The minimum absolute atomic E-state index is 0.0225. The molecular weight excluding hydrogens is 442 g/mol. The van der Waals surface area contributed by atoms with Crippen molar-refractivity contribution in [1.82, 2.24) is 25.1 Å². The molecule has 4 rings (SSSR count). The highest BCUT2D eigenvalue weighted by Gasteiger charge is 2.22. The molecule has 174 valence electrons. The summed E-state index contributed by atoms with van der Waals surface area (Å²) in [6.07, 6.45) is 1.82. The number of hydrogen-bond acceptors (Lipinski definition) is 5. The van der Waals surface area contributed by atoms with Gasteiger partial charge in [0.1, 0.15) is 0 Å². The average molecular weight is 472 g/mol. The lowest BCUT2D eigenvalue weighted by molar-refractivity contribution is -0.120. The minimum atomic E-state index is -0.305. The third kappa shape index (κ3) is 5.04. The number of fused-ring (bicyclic) bond motifs is 1. The fraction of sp³-hybridized carbons (Fsp3) is 0.259. The topological polar surface area (TPSA) is 72.7 Å². The lowest BCUT2D eigenvalue weighted by Crippen LogP contribution is -2.36. The van der Waals surface area contributed by atoms with Gasteiger partial charge in [-0.25, -0.2) is 4.98 Å². The van der Waals surface area contributed by atoms with Crippen LogP contribution in [-0.2, 0) is 11.3 Å². The van der Waals surface area contributed by atoms with E-state index in [-0.39, 0.29) is 17.2 Å². The highest BCUT2D eigenvalue weighted by molar-refractivity contribution is 8.00. The number of thioether (sulfide) groups is 1. The van der Waals surface area contributed by atoms with E-state index < -0.39 is 0 Å². The molecule has 0 aliphatic carbocycles. The van der Waals surface area contributed by atoms with Crippen molar-refractivity contribution in [3.8, 4) is 22.6 Å². The zero-order chi connectivity index (χ0) is 24.2. The van der Waals surface area contributed by atoms with E-state index >= 15 is 0 Å². The van der Waals surface area contributed by atoms with Crippen molar-refractivity contribution in [3.63, 3.8) is 0 Å². The number of hydrogen-bond donors (Lipinski definition) is 1. The van der Waals surface area contributed by atoms with Crippen molar-refractivity contribution in [2.75, 3.05) is 0 Å². The number of benzene rings is 2. The zero-order valence-corrected chi connectivity index (χ0v) is 20.8. The standard InChI is InChI=1S/C27H29N5OS/c1-6-15-32-25(30-31-27(32)34-19(5)26(33)28-17(2)3)22-16-24(20-13-11-18(4)12-14-20)29-23-10-8-7-9-21(22)23/h6-14,16-17,19H,1,15H2,2-5H3,(H,28,33). The molecule has 1 atom stereocenters. The second-order valence-corrected chi connectivity index (χ2v) is 9.88. The lowest BCUT2D eigenvalue weighted by atomic mass is 10.0. The Morgan fingerprint density at radius 1 is 1.12 bits per heavy atom. The van der Waals surface area contributed by atoms with Crippen LogP contribution in [0.1, 0.15) is 26.3 Å². The SMILES string of the molecule is C=CCn1c(SC(C)C(=O)NC(C)C)nnc1-c1cc(-c2ccc(C)cc2)nc2ccccc12. The van der Waals surface area contributed by atoms with E-state index in [0.717, 1.165) is 33.5 Å². The van der Waals surface area contributed by atoms with Gasteiger partial charge in [0.25, 0.3) is 0 Å². The number of carbonyl (C=O) groups excluding carboxylic acids is 1. The molecule has 2 heterocycles. The summed E-state index contributed by atoms with van der Waals surface area (Å²) in [5.41, 5.74) is 4.96. The smallest absolute Gasteiger partial charge is 0.233 e. The van der Waals surface area contributed by atoms with Gasteiger partial charge in [0.05, 0.1) is 16.5 Å². The van der Waals surface area contributed by atoms with E-state index in [4.69, 9.17) is 4.98 Å². The van der Waals surface area contributed by atoms with Crippen molar-refractivity contribution >= 4 is 28.6 Å². The van der Waals surface area contributed by atoms with Crippen LogP contribution in [0.4, 0.5) is 0 Å². The fourth-order valence-electron chi connectivity index (χ4n) is 3.71. The average Bonchev–Trinajstić information content (AvgIpc) is 3.20. The molecule has 6 nitrogen and oxygen atoms in total. The van der Waals surface area contributed by atoms with Gasteiger partial charge in [-0.2, -0.15) is 0 Å². The normalized spacial score (nSPS) is 12.1. The van der Waals surface area contributed by atoms with Crippen LogP contribution in [0.25, 0.3) is 33.5 Å². The largest absolute Gasteiger partial charge is 0.353 e. The minimum Gasteiger partial charge on any atom is -0.353 e. The number of nitrogens with zero attached hydrogens (tertiary/aromatic N) is 4. The van der Waals surface area contributed by atoms with Gasteiger partial charge in [0.15, 0.2) is 11.0 Å². The van der Waals surface area contributed by atoms with E-state index in [1.165, 1.54) is 17.3 Å². The monoisotopic (exact) mass is 471 g/mol. The Hall–Kier alpha value is -3.45. The second kappa shape index (κ2) is 10.2. The maximum Gasteiger partial charge on any atom is 0.233 e. The van der Waals surface area contributed by atoms with Crippen LogP contribution in [-0.4, -0.2) is 36.9 Å². The van der Waals surface area contributed by atoms with Gasteiger partial charge in [-0.05, 0) is 39.8 Å². The summed E-state index contributed by atoms with van der Waals surface area (Å²) in [7, 11) is 0. The third-order valence-electron chi connectivity index (χ3n) is 5.42. The van der Waals surface area contributed by atoms with Crippen LogP contribution in [0.15, 0.2) is 72.4 Å². The first-order chi connectivity index (χ1) is 16.4. The Morgan fingerprint density at radius 2 is 1.85 bits per heavy atom. The summed E-state index contributed by atoms with van der Waals surface area (Å²) in [4.78, 5) is 17.4. The van der Waals surface area contributed by atoms with E-state index in [0.29, 0.717) is 11.7 Å². The molecule has 34 heavy (non-hydrogen) atoms. The predicted molar refractivity (Wildman–Crippen MR) is 140 cm³/mol. The molecule has 0 aliphatic rings. The summed E-state index contributed by atoms with van der Waals surface area (Å²) in [5.74, 6) is 0.705. The summed E-state index contributed by atoms with van der Waals surface area (Å²) < 4.78 is 2.01. The van der Waals surface area contributed by atoms with E-state index in [1.54, 1.807) is 0 Å². The number of amides is 1. The highest BCUT2D eigenvalue weighted by atomic mass is 32.2. The first kappa shape index (κ1) is 23.7. The molecule has 0 aliphatic heterocycles. The summed E-state index contributed by atoms with van der Waals surface area (Å²) in [5, 5.41) is 13.4. The zero-order valence-electron chi connectivity index (χ0n) is 19.9. The number of nitrogens with one attached hydrogen (secondary N) is 1. The summed E-state index contributed by atoms with van der Waals surface area (Å²) >= 11 is 1.40. The van der Waals surface area contributed by atoms with Crippen LogP contribution < -0.4 is 5.32 Å².